The second-order valence-electron chi connectivity index (χ2n) is 6.97. The average Bonchev–Trinajstić information content (AvgIpc) is 3.38. The molecule has 5 nitrogen and oxygen atoms in total. The molecule has 8 heteroatoms. The largest absolute Gasteiger partial charge is 0.337 e. The van der Waals surface area contributed by atoms with Crippen LogP contribution in [-0.2, 0) is 6.54 Å². The summed E-state index contributed by atoms with van der Waals surface area (Å²) in [5.74, 6) is -0.0310. The SMILES string of the molecule is Cc1ccc2sc(N(CCCn3ccnc3)C(=O)c3ccc(Br)cc3)nc2c1C.Cl. The molecule has 0 saturated carbocycles. The number of imidazole rings is 1. The van der Waals surface area contributed by atoms with Gasteiger partial charge in [-0.3, -0.25) is 9.69 Å². The van der Waals surface area contributed by atoms with Gasteiger partial charge >= 0.3 is 0 Å². The maximum atomic E-state index is 13.3. The standard InChI is InChI=1S/C22H21BrN4OS.ClH/c1-15-4-9-19-20(16(15)2)25-22(29-19)27(12-3-11-26-13-10-24-14-26)21(28)17-5-7-18(23)8-6-17;/h4-10,13-14H,3,11-12H2,1-2H3;1H. The van der Waals surface area contributed by atoms with Crippen LogP contribution in [0.25, 0.3) is 10.2 Å². The lowest BCUT2D eigenvalue weighted by Crippen LogP contribution is -2.32. The van der Waals surface area contributed by atoms with Gasteiger partial charge < -0.3 is 4.57 Å². The van der Waals surface area contributed by atoms with Gasteiger partial charge in [0.2, 0.25) is 0 Å². The molecule has 2 aromatic heterocycles. The van der Waals surface area contributed by atoms with Gasteiger partial charge in [-0.05, 0) is 61.7 Å². The Morgan fingerprint density at radius 3 is 2.63 bits per heavy atom. The van der Waals surface area contributed by atoms with E-state index in [9.17, 15) is 4.79 Å². The molecule has 0 radical (unpaired) electrons. The lowest BCUT2D eigenvalue weighted by atomic mass is 10.1. The lowest BCUT2D eigenvalue weighted by molar-refractivity contribution is 0.0986. The highest BCUT2D eigenvalue weighted by molar-refractivity contribution is 9.10. The monoisotopic (exact) mass is 504 g/mol. The summed E-state index contributed by atoms with van der Waals surface area (Å²) >= 11 is 5.00. The van der Waals surface area contributed by atoms with Gasteiger partial charge in [-0.1, -0.05) is 33.3 Å². The van der Waals surface area contributed by atoms with Gasteiger partial charge in [-0.15, -0.1) is 12.4 Å². The van der Waals surface area contributed by atoms with E-state index in [0.29, 0.717) is 12.1 Å². The van der Waals surface area contributed by atoms with E-state index in [1.807, 2.05) is 35.0 Å². The number of hydrogen-bond acceptors (Lipinski definition) is 4. The van der Waals surface area contributed by atoms with E-state index in [1.165, 1.54) is 11.1 Å². The number of carbonyl (C=O) groups is 1. The highest BCUT2D eigenvalue weighted by Crippen LogP contribution is 2.33. The number of aromatic nitrogens is 3. The van der Waals surface area contributed by atoms with Crippen molar-refractivity contribution in [1.29, 1.82) is 0 Å². The summed E-state index contributed by atoms with van der Waals surface area (Å²) in [4.78, 5) is 24.1. The minimum absolute atomic E-state index is 0. The molecule has 0 spiro atoms. The number of anilines is 1. The van der Waals surface area contributed by atoms with E-state index >= 15 is 0 Å². The van der Waals surface area contributed by atoms with Crippen molar-refractivity contribution in [3.8, 4) is 0 Å². The minimum Gasteiger partial charge on any atom is -0.337 e. The fourth-order valence-corrected chi connectivity index (χ4v) is 4.51. The number of thiazole rings is 1. The average molecular weight is 506 g/mol. The second kappa shape index (κ2) is 9.73. The van der Waals surface area contributed by atoms with Crippen LogP contribution >= 0.6 is 39.7 Å². The van der Waals surface area contributed by atoms with E-state index < -0.39 is 0 Å². The van der Waals surface area contributed by atoms with Crippen LogP contribution in [0, 0.1) is 13.8 Å². The molecule has 4 aromatic rings. The number of aryl methyl sites for hydroxylation is 3. The predicted octanol–water partition coefficient (Wildman–Crippen LogP) is 6.03. The molecule has 0 saturated heterocycles. The van der Waals surface area contributed by atoms with Crippen molar-refractivity contribution < 1.29 is 4.79 Å². The molecular weight excluding hydrogens is 484 g/mol. The first-order valence-electron chi connectivity index (χ1n) is 9.43. The number of fused-ring (bicyclic) bond motifs is 1. The summed E-state index contributed by atoms with van der Waals surface area (Å²) in [5, 5.41) is 0.743. The molecule has 0 aliphatic carbocycles. The lowest BCUT2D eigenvalue weighted by Gasteiger charge is -2.20. The van der Waals surface area contributed by atoms with Gasteiger partial charge in [0.15, 0.2) is 5.13 Å². The predicted molar refractivity (Wildman–Crippen MR) is 129 cm³/mol. The van der Waals surface area contributed by atoms with Gasteiger partial charge in [0.25, 0.3) is 5.91 Å². The number of hydrogen-bond donors (Lipinski definition) is 0. The van der Waals surface area contributed by atoms with E-state index in [2.05, 4.69) is 46.9 Å². The van der Waals surface area contributed by atoms with Crippen molar-refractivity contribution in [1.82, 2.24) is 14.5 Å². The van der Waals surface area contributed by atoms with Crippen LogP contribution in [0.4, 0.5) is 5.13 Å². The topological polar surface area (TPSA) is 51.0 Å². The molecule has 2 aromatic carbocycles. The molecule has 1 amide bonds. The summed E-state index contributed by atoms with van der Waals surface area (Å²) in [6.07, 6.45) is 6.31. The quantitative estimate of drug-likeness (QED) is 0.321. The summed E-state index contributed by atoms with van der Waals surface area (Å²) in [7, 11) is 0. The molecule has 0 bridgehead atoms. The Kier molecular flexibility index (Phi) is 7.28. The van der Waals surface area contributed by atoms with Crippen LogP contribution in [0.3, 0.4) is 0 Å². The molecule has 30 heavy (non-hydrogen) atoms. The van der Waals surface area contributed by atoms with E-state index in [-0.39, 0.29) is 18.3 Å². The van der Waals surface area contributed by atoms with Crippen molar-refractivity contribution in [2.24, 2.45) is 0 Å². The Bertz CT molecular complexity index is 1140. The van der Waals surface area contributed by atoms with Crippen LogP contribution in [-0.4, -0.2) is 27.0 Å². The van der Waals surface area contributed by atoms with Crippen LogP contribution in [0.2, 0.25) is 0 Å². The molecule has 0 atom stereocenters. The molecule has 0 fully saturated rings. The Hall–Kier alpha value is -2.22. The Morgan fingerprint density at radius 1 is 1.17 bits per heavy atom. The molecule has 156 valence electrons. The van der Waals surface area contributed by atoms with E-state index in [0.717, 1.165) is 32.8 Å². The number of nitrogens with zero attached hydrogens (tertiary/aromatic N) is 4. The van der Waals surface area contributed by atoms with Gasteiger partial charge in [0, 0.05) is 35.5 Å². The Labute approximate surface area is 194 Å². The third kappa shape index (κ3) is 4.74. The number of amides is 1. The van der Waals surface area contributed by atoms with Crippen LogP contribution < -0.4 is 4.90 Å². The highest BCUT2D eigenvalue weighted by atomic mass is 79.9. The molecular formula is C22H22BrClN4OS. The molecule has 2 heterocycles. The number of rotatable bonds is 6. The van der Waals surface area contributed by atoms with Crippen molar-refractivity contribution in [2.45, 2.75) is 26.8 Å². The van der Waals surface area contributed by atoms with Crippen LogP contribution in [0.5, 0.6) is 0 Å². The van der Waals surface area contributed by atoms with Gasteiger partial charge in [0.1, 0.15) is 0 Å². The second-order valence-corrected chi connectivity index (χ2v) is 8.89. The van der Waals surface area contributed by atoms with Crippen molar-refractivity contribution in [3.05, 3.63) is 76.3 Å². The maximum absolute atomic E-state index is 13.3. The molecule has 0 N–H and O–H groups in total. The zero-order chi connectivity index (χ0) is 20.4. The first-order valence-corrected chi connectivity index (χ1v) is 11.0. The first kappa shape index (κ1) is 22.5. The zero-order valence-corrected chi connectivity index (χ0v) is 19.9. The molecule has 0 aliphatic heterocycles. The first-order chi connectivity index (χ1) is 14.0. The number of halogens is 2. The summed E-state index contributed by atoms with van der Waals surface area (Å²) in [6.45, 7) is 5.56. The smallest absolute Gasteiger partial charge is 0.260 e. The third-order valence-electron chi connectivity index (χ3n) is 5.00. The molecule has 0 unspecified atom stereocenters. The molecule has 0 aliphatic rings. The van der Waals surface area contributed by atoms with Gasteiger partial charge in [0.05, 0.1) is 16.5 Å². The number of carbonyl (C=O) groups excluding carboxylic acids is 1. The summed E-state index contributed by atoms with van der Waals surface area (Å²) in [6, 6.07) is 11.7. The molecule has 4 rings (SSSR count). The van der Waals surface area contributed by atoms with Crippen LogP contribution in [0.15, 0.2) is 59.6 Å². The Morgan fingerprint density at radius 2 is 1.93 bits per heavy atom. The van der Waals surface area contributed by atoms with E-state index in [4.69, 9.17) is 4.98 Å². The summed E-state index contributed by atoms with van der Waals surface area (Å²) < 4.78 is 4.08. The zero-order valence-electron chi connectivity index (χ0n) is 16.7. The highest BCUT2D eigenvalue weighted by Gasteiger charge is 2.21. The normalized spacial score (nSPS) is 10.8. The number of benzene rings is 2. The van der Waals surface area contributed by atoms with E-state index in [1.54, 1.807) is 28.8 Å². The minimum atomic E-state index is -0.0310. The summed E-state index contributed by atoms with van der Waals surface area (Å²) in [5.41, 5.74) is 4.01. The van der Waals surface area contributed by atoms with Crippen molar-refractivity contribution in [2.75, 3.05) is 11.4 Å². The third-order valence-corrected chi connectivity index (χ3v) is 6.57. The Balaban J connectivity index is 0.00000256. The van der Waals surface area contributed by atoms with Gasteiger partial charge in [-0.2, -0.15) is 0 Å². The van der Waals surface area contributed by atoms with Crippen LogP contribution in [0.1, 0.15) is 27.9 Å². The fraction of sp³-hybridized carbons (Fsp3) is 0.227. The maximum Gasteiger partial charge on any atom is 0.260 e. The van der Waals surface area contributed by atoms with Crippen molar-refractivity contribution in [3.63, 3.8) is 0 Å². The van der Waals surface area contributed by atoms with Crippen molar-refractivity contribution >= 4 is 60.9 Å². The fourth-order valence-electron chi connectivity index (χ4n) is 3.19. The van der Waals surface area contributed by atoms with Gasteiger partial charge in [-0.25, -0.2) is 9.97 Å².